The highest BCUT2D eigenvalue weighted by Gasteiger charge is 2.28. The van der Waals surface area contributed by atoms with E-state index >= 15 is 0 Å². The number of carbonyl (C=O) groups excluding carboxylic acids is 1. The number of rotatable bonds is 5. The smallest absolute Gasteiger partial charge is 0.280 e. The van der Waals surface area contributed by atoms with E-state index in [2.05, 4.69) is 68.2 Å². The Hall–Kier alpha value is -2.70. The quantitative estimate of drug-likeness (QED) is 0.331. The van der Waals surface area contributed by atoms with Crippen molar-refractivity contribution < 1.29 is 9.53 Å². The van der Waals surface area contributed by atoms with Crippen molar-refractivity contribution in [3.8, 4) is 5.75 Å². The van der Waals surface area contributed by atoms with Crippen LogP contribution in [-0.2, 0) is 11.4 Å². The summed E-state index contributed by atoms with van der Waals surface area (Å²) in [6.07, 6.45) is 1.85. The number of nitrogens with zero attached hydrogens (tertiary/aromatic N) is 2. The molecule has 3 aromatic carbocycles. The Morgan fingerprint density at radius 2 is 1.61 bits per heavy atom. The largest absolute Gasteiger partial charge is 0.487 e. The standard InChI is InChI=1S/C25H20Br2N2O2/c1-16-8-10-18(11-9-16)15-31-24-22(26)13-19(14-23(24)27)12-21-17(2)28-29(25(21)30)20-6-4-3-5-7-20/h3-14H,15H2,1-2H3/b21-12+. The van der Waals surface area contributed by atoms with Gasteiger partial charge < -0.3 is 4.74 Å². The van der Waals surface area contributed by atoms with Crippen LogP contribution in [0.3, 0.4) is 0 Å². The second kappa shape index (κ2) is 9.20. The Morgan fingerprint density at radius 3 is 2.26 bits per heavy atom. The number of benzene rings is 3. The van der Waals surface area contributed by atoms with E-state index in [4.69, 9.17) is 4.74 Å². The third-order valence-corrected chi connectivity index (χ3v) is 6.08. The van der Waals surface area contributed by atoms with Gasteiger partial charge >= 0.3 is 0 Å². The Bertz CT molecular complexity index is 1160. The van der Waals surface area contributed by atoms with Gasteiger partial charge in [0, 0.05) is 0 Å². The van der Waals surface area contributed by atoms with Crippen molar-refractivity contribution >= 4 is 55.2 Å². The first-order valence-electron chi connectivity index (χ1n) is 9.76. The van der Waals surface area contributed by atoms with Crippen LogP contribution in [0.2, 0.25) is 0 Å². The normalized spacial score (nSPS) is 14.8. The van der Waals surface area contributed by atoms with Crippen molar-refractivity contribution in [2.45, 2.75) is 20.5 Å². The molecule has 6 heteroatoms. The van der Waals surface area contributed by atoms with E-state index in [1.54, 1.807) is 0 Å². The predicted molar refractivity (Wildman–Crippen MR) is 132 cm³/mol. The van der Waals surface area contributed by atoms with E-state index in [9.17, 15) is 4.79 Å². The zero-order chi connectivity index (χ0) is 22.0. The number of hydrogen-bond donors (Lipinski definition) is 0. The fourth-order valence-corrected chi connectivity index (χ4v) is 4.69. The van der Waals surface area contributed by atoms with E-state index in [-0.39, 0.29) is 5.91 Å². The van der Waals surface area contributed by atoms with Gasteiger partial charge in [-0.3, -0.25) is 4.79 Å². The van der Waals surface area contributed by atoms with E-state index in [1.807, 2.05) is 55.5 Å². The molecule has 0 radical (unpaired) electrons. The van der Waals surface area contributed by atoms with Crippen molar-refractivity contribution in [2.75, 3.05) is 5.01 Å². The molecule has 156 valence electrons. The summed E-state index contributed by atoms with van der Waals surface area (Å²) in [5.74, 6) is 0.576. The molecule has 0 aromatic heterocycles. The molecule has 0 saturated heterocycles. The summed E-state index contributed by atoms with van der Waals surface area (Å²) < 4.78 is 7.63. The first-order valence-corrected chi connectivity index (χ1v) is 11.3. The van der Waals surface area contributed by atoms with Crippen LogP contribution >= 0.6 is 31.9 Å². The molecule has 1 aliphatic heterocycles. The van der Waals surface area contributed by atoms with Gasteiger partial charge in [-0.2, -0.15) is 10.1 Å². The third-order valence-electron chi connectivity index (χ3n) is 4.90. The van der Waals surface area contributed by atoms with Crippen LogP contribution in [0, 0.1) is 6.92 Å². The fourth-order valence-electron chi connectivity index (χ4n) is 3.24. The van der Waals surface area contributed by atoms with E-state index in [0.29, 0.717) is 17.9 Å². The van der Waals surface area contributed by atoms with Crippen LogP contribution in [0.1, 0.15) is 23.6 Å². The van der Waals surface area contributed by atoms with Crippen LogP contribution in [0.15, 0.2) is 86.3 Å². The summed E-state index contributed by atoms with van der Waals surface area (Å²) >= 11 is 7.20. The third kappa shape index (κ3) is 4.81. The molecule has 31 heavy (non-hydrogen) atoms. The number of amides is 1. The number of hydrogen-bond acceptors (Lipinski definition) is 3. The second-order valence-corrected chi connectivity index (χ2v) is 8.99. The molecule has 0 N–H and O–H groups in total. The minimum absolute atomic E-state index is 0.143. The van der Waals surface area contributed by atoms with Gasteiger partial charge in [0.25, 0.3) is 5.91 Å². The summed E-state index contributed by atoms with van der Waals surface area (Å²) in [6, 6.07) is 21.5. The maximum absolute atomic E-state index is 12.9. The monoisotopic (exact) mass is 538 g/mol. The van der Waals surface area contributed by atoms with E-state index in [1.165, 1.54) is 10.6 Å². The molecule has 4 nitrogen and oxygen atoms in total. The van der Waals surface area contributed by atoms with Gasteiger partial charge in [-0.05, 0) is 87.2 Å². The van der Waals surface area contributed by atoms with Crippen LogP contribution < -0.4 is 9.75 Å². The highest BCUT2D eigenvalue weighted by Crippen LogP contribution is 2.36. The average Bonchev–Trinajstić information content (AvgIpc) is 3.03. The van der Waals surface area contributed by atoms with Gasteiger partial charge in [0.15, 0.2) is 0 Å². The molecule has 0 unspecified atom stereocenters. The van der Waals surface area contributed by atoms with Crippen LogP contribution in [0.25, 0.3) is 6.08 Å². The highest BCUT2D eigenvalue weighted by molar-refractivity contribution is 9.11. The van der Waals surface area contributed by atoms with Gasteiger partial charge in [-0.1, -0.05) is 48.0 Å². The summed E-state index contributed by atoms with van der Waals surface area (Å²) in [4.78, 5) is 12.9. The van der Waals surface area contributed by atoms with Crippen molar-refractivity contribution in [2.24, 2.45) is 5.10 Å². The summed E-state index contributed by atoms with van der Waals surface area (Å²) in [5.41, 5.74) is 5.18. The number of halogens is 2. The lowest BCUT2D eigenvalue weighted by molar-refractivity contribution is -0.114. The number of aryl methyl sites for hydroxylation is 1. The van der Waals surface area contributed by atoms with Gasteiger partial charge in [0.1, 0.15) is 12.4 Å². The Kier molecular flexibility index (Phi) is 6.39. The van der Waals surface area contributed by atoms with Gasteiger partial charge in [-0.15, -0.1) is 0 Å². The topological polar surface area (TPSA) is 41.9 Å². The van der Waals surface area contributed by atoms with Gasteiger partial charge in [0.05, 0.1) is 25.9 Å². The molecule has 0 fully saturated rings. The Morgan fingerprint density at radius 1 is 0.968 bits per heavy atom. The lowest BCUT2D eigenvalue weighted by atomic mass is 10.1. The summed E-state index contributed by atoms with van der Waals surface area (Å²) in [7, 11) is 0. The van der Waals surface area contributed by atoms with Gasteiger partial charge in [0.2, 0.25) is 0 Å². The number of hydrazone groups is 1. The zero-order valence-corrected chi connectivity index (χ0v) is 20.3. The zero-order valence-electron chi connectivity index (χ0n) is 17.1. The van der Waals surface area contributed by atoms with Crippen LogP contribution in [0.5, 0.6) is 5.75 Å². The van der Waals surface area contributed by atoms with Gasteiger partial charge in [-0.25, -0.2) is 0 Å². The van der Waals surface area contributed by atoms with Crippen LogP contribution in [0.4, 0.5) is 5.69 Å². The Labute approximate surface area is 198 Å². The molecule has 1 heterocycles. The minimum atomic E-state index is -0.143. The number of para-hydroxylation sites is 1. The van der Waals surface area contributed by atoms with Crippen molar-refractivity contribution in [1.29, 1.82) is 0 Å². The number of ether oxygens (including phenoxy) is 1. The lowest BCUT2D eigenvalue weighted by Gasteiger charge is -2.12. The van der Waals surface area contributed by atoms with Crippen molar-refractivity contribution in [3.63, 3.8) is 0 Å². The van der Waals surface area contributed by atoms with E-state index < -0.39 is 0 Å². The van der Waals surface area contributed by atoms with Crippen molar-refractivity contribution in [3.05, 3.63) is 97.9 Å². The maximum atomic E-state index is 12.9. The first-order chi connectivity index (χ1) is 14.9. The molecule has 0 spiro atoms. The summed E-state index contributed by atoms with van der Waals surface area (Å²) in [5, 5.41) is 5.87. The molecule has 4 rings (SSSR count). The molecular weight excluding hydrogens is 520 g/mol. The second-order valence-electron chi connectivity index (χ2n) is 7.28. The molecule has 0 aliphatic carbocycles. The molecule has 1 amide bonds. The SMILES string of the molecule is CC1=NN(c2ccccc2)C(=O)/C1=C/c1cc(Br)c(OCc2ccc(C)cc2)c(Br)c1. The van der Waals surface area contributed by atoms with Crippen LogP contribution in [-0.4, -0.2) is 11.6 Å². The molecule has 1 aliphatic rings. The summed E-state index contributed by atoms with van der Waals surface area (Å²) in [6.45, 7) is 4.37. The molecule has 0 saturated carbocycles. The maximum Gasteiger partial charge on any atom is 0.280 e. The Balaban J connectivity index is 1.55. The number of anilines is 1. The molecule has 0 bridgehead atoms. The van der Waals surface area contributed by atoms with Crippen molar-refractivity contribution in [1.82, 2.24) is 0 Å². The molecular formula is C25H20Br2N2O2. The van der Waals surface area contributed by atoms with E-state index in [0.717, 1.165) is 31.5 Å². The highest BCUT2D eigenvalue weighted by atomic mass is 79.9. The predicted octanol–water partition coefficient (Wildman–Crippen LogP) is 6.91. The first kappa shape index (κ1) is 21.5. The number of carbonyl (C=O) groups is 1. The fraction of sp³-hybridized carbons (Fsp3) is 0.120. The average molecular weight is 540 g/mol. The minimum Gasteiger partial charge on any atom is -0.487 e. The molecule has 0 atom stereocenters. The lowest BCUT2D eigenvalue weighted by Crippen LogP contribution is -2.21. The molecule has 3 aromatic rings.